The first-order chi connectivity index (χ1) is 8.61. The monoisotopic (exact) mass is 248 g/mol. The second-order valence-corrected chi connectivity index (χ2v) is 5.33. The predicted octanol–water partition coefficient (Wildman–Crippen LogP) is 3.24. The van der Waals surface area contributed by atoms with Gasteiger partial charge in [0, 0.05) is 18.6 Å². The molecule has 0 amide bonds. The summed E-state index contributed by atoms with van der Waals surface area (Å²) >= 11 is 0. The highest BCUT2D eigenvalue weighted by Crippen LogP contribution is 2.24. The van der Waals surface area contributed by atoms with Crippen LogP contribution < -0.4 is 5.73 Å². The molecule has 102 valence electrons. The van der Waals surface area contributed by atoms with E-state index in [1.54, 1.807) is 0 Å². The Kier molecular flexibility index (Phi) is 6.37. The highest BCUT2D eigenvalue weighted by atomic mass is 15.2. The summed E-state index contributed by atoms with van der Waals surface area (Å²) in [7, 11) is 0. The van der Waals surface area contributed by atoms with Crippen LogP contribution in [0.5, 0.6) is 0 Å². The van der Waals surface area contributed by atoms with Crippen LogP contribution in [0.3, 0.4) is 0 Å². The summed E-state index contributed by atoms with van der Waals surface area (Å²) in [6.45, 7) is 10.9. The topological polar surface area (TPSA) is 29.3 Å². The molecule has 0 fully saturated rings. The molecular formula is C16H28N2. The molecule has 0 heterocycles. The molecule has 2 heteroatoms. The molecule has 1 aromatic rings. The number of hydrogen-bond acceptors (Lipinski definition) is 2. The molecule has 0 bridgehead atoms. The van der Waals surface area contributed by atoms with Crippen LogP contribution in [0, 0.1) is 0 Å². The lowest BCUT2D eigenvalue weighted by Gasteiger charge is -2.38. The maximum absolute atomic E-state index is 6.04. The van der Waals surface area contributed by atoms with Gasteiger partial charge in [0.2, 0.25) is 0 Å². The largest absolute Gasteiger partial charge is 0.329 e. The van der Waals surface area contributed by atoms with Crippen LogP contribution in [0.15, 0.2) is 30.3 Å². The van der Waals surface area contributed by atoms with Gasteiger partial charge in [0.25, 0.3) is 0 Å². The second-order valence-electron chi connectivity index (χ2n) is 5.33. The third-order valence-corrected chi connectivity index (χ3v) is 3.72. The standard InChI is InChI=1S/C16H28N2/c1-5-11-18(13(2)3)16(12-17)14(4)15-9-7-6-8-10-15/h6-10,13-14,16H,5,11-12,17H2,1-4H3. The molecule has 0 aromatic heterocycles. The zero-order valence-electron chi connectivity index (χ0n) is 12.3. The van der Waals surface area contributed by atoms with Crippen molar-refractivity contribution in [2.45, 2.75) is 52.1 Å². The van der Waals surface area contributed by atoms with Gasteiger partial charge in [0.05, 0.1) is 0 Å². The molecule has 18 heavy (non-hydrogen) atoms. The van der Waals surface area contributed by atoms with E-state index in [2.05, 4.69) is 62.9 Å². The molecule has 0 saturated carbocycles. The summed E-state index contributed by atoms with van der Waals surface area (Å²) in [6, 6.07) is 11.7. The minimum absolute atomic E-state index is 0.423. The number of benzene rings is 1. The quantitative estimate of drug-likeness (QED) is 0.802. The van der Waals surface area contributed by atoms with Gasteiger partial charge in [-0.1, -0.05) is 44.2 Å². The lowest BCUT2D eigenvalue weighted by Crippen LogP contribution is -2.47. The molecule has 0 spiro atoms. The van der Waals surface area contributed by atoms with Crippen LogP contribution in [0.25, 0.3) is 0 Å². The van der Waals surface area contributed by atoms with E-state index in [4.69, 9.17) is 5.73 Å². The van der Waals surface area contributed by atoms with Crippen molar-refractivity contribution >= 4 is 0 Å². The highest BCUT2D eigenvalue weighted by molar-refractivity contribution is 5.20. The van der Waals surface area contributed by atoms with E-state index < -0.39 is 0 Å². The van der Waals surface area contributed by atoms with E-state index in [0.717, 1.165) is 6.54 Å². The van der Waals surface area contributed by atoms with Crippen molar-refractivity contribution < 1.29 is 0 Å². The first-order valence-corrected chi connectivity index (χ1v) is 7.12. The molecule has 0 aliphatic rings. The van der Waals surface area contributed by atoms with Gasteiger partial charge in [-0.05, 0) is 38.3 Å². The van der Waals surface area contributed by atoms with Crippen molar-refractivity contribution in [3.05, 3.63) is 35.9 Å². The molecule has 1 rings (SSSR count). The summed E-state index contributed by atoms with van der Waals surface area (Å²) in [5.41, 5.74) is 7.42. The van der Waals surface area contributed by atoms with Gasteiger partial charge in [0.15, 0.2) is 0 Å². The van der Waals surface area contributed by atoms with E-state index in [1.807, 2.05) is 0 Å². The van der Waals surface area contributed by atoms with E-state index in [-0.39, 0.29) is 0 Å². The lowest BCUT2D eigenvalue weighted by molar-refractivity contribution is 0.139. The number of rotatable bonds is 7. The maximum atomic E-state index is 6.04. The summed E-state index contributed by atoms with van der Waals surface area (Å²) < 4.78 is 0. The third kappa shape index (κ3) is 3.82. The first kappa shape index (κ1) is 15.2. The predicted molar refractivity (Wildman–Crippen MR) is 79.8 cm³/mol. The van der Waals surface area contributed by atoms with Crippen molar-refractivity contribution in [1.29, 1.82) is 0 Å². The summed E-state index contributed by atoms with van der Waals surface area (Å²) in [6.07, 6.45) is 1.18. The second kappa shape index (κ2) is 7.55. The lowest BCUT2D eigenvalue weighted by atomic mass is 9.91. The van der Waals surface area contributed by atoms with E-state index >= 15 is 0 Å². The van der Waals surface area contributed by atoms with Crippen molar-refractivity contribution in [3.8, 4) is 0 Å². The molecule has 0 radical (unpaired) electrons. The van der Waals surface area contributed by atoms with Gasteiger partial charge in [-0.3, -0.25) is 4.90 Å². The molecule has 2 unspecified atom stereocenters. The summed E-state index contributed by atoms with van der Waals surface area (Å²) in [5.74, 6) is 0.477. The van der Waals surface area contributed by atoms with Crippen molar-refractivity contribution in [3.63, 3.8) is 0 Å². The van der Waals surface area contributed by atoms with Gasteiger partial charge in [-0.15, -0.1) is 0 Å². The van der Waals surface area contributed by atoms with Crippen LogP contribution in [-0.4, -0.2) is 30.1 Å². The number of nitrogens with zero attached hydrogens (tertiary/aromatic N) is 1. The Balaban J connectivity index is 2.87. The van der Waals surface area contributed by atoms with Gasteiger partial charge >= 0.3 is 0 Å². The fourth-order valence-corrected chi connectivity index (χ4v) is 2.67. The van der Waals surface area contributed by atoms with Crippen molar-refractivity contribution in [2.75, 3.05) is 13.1 Å². The van der Waals surface area contributed by atoms with Crippen LogP contribution in [0.2, 0.25) is 0 Å². The highest BCUT2D eigenvalue weighted by Gasteiger charge is 2.25. The Morgan fingerprint density at radius 1 is 1.11 bits per heavy atom. The van der Waals surface area contributed by atoms with Crippen molar-refractivity contribution in [2.24, 2.45) is 5.73 Å². The Bertz CT molecular complexity index is 321. The Morgan fingerprint density at radius 3 is 2.17 bits per heavy atom. The molecular weight excluding hydrogens is 220 g/mol. The molecule has 0 aliphatic carbocycles. The fourth-order valence-electron chi connectivity index (χ4n) is 2.67. The van der Waals surface area contributed by atoms with Gasteiger partial charge in [-0.25, -0.2) is 0 Å². The van der Waals surface area contributed by atoms with Gasteiger partial charge in [-0.2, -0.15) is 0 Å². The number of hydrogen-bond donors (Lipinski definition) is 1. The SMILES string of the molecule is CCCN(C(C)C)C(CN)C(C)c1ccccc1. The molecule has 0 saturated heterocycles. The smallest absolute Gasteiger partial charge is 0.0287 e. The van der Waals surface area contributed by atoms with E-state index in [1.165, 1.54) is 12.0 Å². The van der Waals surface area contributed by atoms with Gasteiger partial charge < -0.3 is 5.73 Å². The third-order valence-electron chi connectivity index (χ3n) is 3.72. The first-order valence-electron chi connectivity index (χ1n) is 7.12. The molecule has 2 N–H and O–H groups in total. The maximum Gasteiger partial charge on any atom is 0.0287 e. The van der Waals surface area contributed by atoms with Crippen LogP contribution in [0.1, 0.15) is 45.6 Å². The minimum Gasteiger partial charge on any atom is -0.329 e. The van der Waals surface area contributed by atoms with Crippen molar-refractivity contribution in [1.82, 2.24) is 4.90 Å². The van der Waals surface area contributed by atoms with Crippen LogP contribution >= 0.6 is 0 Å². The summed E-state index contributed by atoms with van der Waals surface area (Å²) in [4.78, 5) is 2.54. The Hall–Kier alpha value is -0.860. The Morgan fingerprint density at radius 2 is 1.72 bits per heavy atom. The molecule has 2 atom stereocenters. The van der Waals surface area contributed by atoms with Crippen LogP contribution in [-0.2, 0) is 0 Å². The van der Waals surface area contributed by atoms with E-state index in [0.29, 0.717) is 24.5 Å². The zero-order valence-corrected chi connectivity index (χ0v) is 12.3. The summed E-state index contributed by atoms with van der Waals surface area (Å²) in [5, 5.41) is 0. The fraction of sp³-hybridized carbons (Fsp3) is 0.625. The zero-order chi connectivity index (χ0) is 13.5. The normalized spacial score (nSPS) is 15.1. The minimum atomic E-state index is 0.423. The average molecular weight is 248 g/mol. The molecule has 2 nitrogen and oxygen atoms in total. The number of nitrogens with two attached hydrogens (primary N) is 1. The molecule has 0 aliphatic heterocycles. The average Bonchev–Trinajstić information content (AvgIpc) is 2.39. The van der Waals surface area contributed by atoms with Gasteiger partial charge in [0.1, 0.15) is 0 Å². The van der Waals surface area contributed by atoms with Crippen LogP contribution in [0.4, 0.5) is 0 Å². The Labute approximate surface area is 112 Å². The van der Waals surface area contributed by atoms with E-state index in [9.17, 15) is 0 Å². The molecule has 1 aromatic carbocycles.